The third-order valence-corrected chi connectivity index (χ3v) is 3.73. The van der Waals surface area contributed by atoms with Crippen LogP contribution in [-0.2, 0) is 0 Å². The molecule has 0 aliphatic carbocycles. The molecule has 0 aliphatic rings. The van der Waals surface area contributed by atoms with Crippen molar-refractivity contribution in [3.63, 3.8) is 0 Å². The molecule has 0 aromatic carbocycles. The first kappa shape index (κ1) is 17.2. The molecule has 12 nitrogen and oxygen atoms in total. The van der Waals surface area contributed by atoms with Gasteiger partial charge in [0.1, 0.15) is 5.82 Å². The van der Waals surface area contributed by atoms with E-state index in [2.05, 4.69) is 40.4 Å². The number of rotatable bonds is 4. The van der Waals surface area contributed by atoms with E-state index < -0.39 is 0 Å². The number of aromatic nitrogens is 8. The molecule has 28 heavy (non-hydrogen) atoms. The van der Waals surface area contributed by atoms with Crippen molar-refractivity contribution in [1.82, 2.24) is 39.5 Å². The third-order valence-electron chi connectivity index (χ3n) is 3.73. The van der Waals surface area contributed by atoms with Gasteiger partial charge in [-0.05, 0) is 26.0 Å². The van der Waals surface area contributed by atoms with Gasteiger partial charge in [-0.25, -0.2) is 15.0 Å². The zero-order valence-electron chi connectivity index (χ0n) is 15.0. The molecule has 4 aromatic heterocycles. The van der Waals surface area contributed by atoms with Gasteiger partial charge < -0.3 is 10.8 Å². The van der Waals surface area contributed by atoms with Gasteiger partial charge in [-0.15, -0.1) is 15.3 Å². The van der Waals surface area contributed by atoms with Crippen LogP contribution in [-0.4, -0.2) is 44.6 Å². The van der Waals surface area contributed by atoms with Crippen molar-refractivity contribution >= 4 is 17.5 Å². The Morgan fingerprint density at radius 1 is 0.964 bits per heavy atom. The minimum absolute atomic E-state index is 0.0945. The largest absolute Gasteiger partial charge is 0.491 e. The van der Waals surface area contributed by atoms with Gasteiger partial charge in [0.15, 0.2) is 17.3 Å². The van der Waals surface area contributed by atoms with Crippen molar-refractivity contribution in [3.8, 4) is 17.5 Å². The van der Waals surface area contributed by atoms with E-state index >= 15 is 0 Å². The highest BCUT2D eigenvalue weighted by molar-refractivity contribution is 5.63. The van der Waals surface area contributed by atoms with Gasteiger partial charge >= 0.3 is 0 Å². The van der Waals surface area contributed by atoms with Gasteiger partial charge in [0, 0.05) is 18.6 Å². The summed E-state index contributed by atoms with van der Waals surface area (Å²) in [5.74, 6) is 1.26. The lowest BCUT2D eigenvalue weighted by molar-refractivity contribution is 0.445. The molecule has 140 valence electrons. The third kappa shape index (κ3) is 3.02. The minimum atomic E-state index is -0.300. The highest BCUT2D eigenvalue weighted by Crippen LogP contribution is 2.31. The monoisotopic (exact) mass is 377 g/mol. The van der Waals surface area contributed by atoms with Crippen LogP contribution in [0.3, 0.4) is 0 Å². The summed E-state index contributed by atoms with van der Waals surface area (Å²) in [7, 11) is 0. The maximum Gasteiger partial charge on any atom is 0.273 e. The summed E-state index contributed by atoms with van der Waals surface area (Å²) >= 11 is 0. The molecule has 12 heteroatoms. The van der Waals surface area contributed by atoms with Gasteiger partial charge in [0.25, 0.3) is 11.8 Å². The second kappa shape index (κ2) is 6.83. The predicted octanol–water partition coefficient (Wildman–Crippen LogP) is 1.96. The summed E-state index contributed by atoms with van der Waals surface area (Å²) in [5.41, 5.74) is 6.95. The fraction of sp³-hybridized carbons (Fsp3) is 0.125. The zero-order chi connectivity index (χ0) is 19.7. The highest BCUT2D eigenvalue weighted by atomic mass is 16.3. The maximum atomic E-state index is 9.89. The van der Waals surface area contributed by atoms with Crippen LogP contribution in [0, 0.1) is 13.8 Å². The van der Waals surface area contributed by atoms with Crippen LogP contribution >= 0.6 is 0 Å². The van der Waals surface area contributed by atoms with E-state index in [0.717, 1.165) is 0 Å². The van der Waals surface area contributed by atoms with E-state index in [1.54, 1.807) is 32.2 Å². The Kier molecular flexibility index (Phi) is 4.20. The summed E-state index contributed by atoms with van der Waals surface area (Å²) in [6.45, 7) is 3.45. The Bertz CT molecular complexity index is 1160. The van der Waals surface area contributed by atoms with Crippen LogP contribution < -0.4 is 5.73 Å². The van der Waals surface area contributed by atoms with Crippen molar-refractivity contribution in [3.05, 3.63) is 48.3 Å². The van der Waals surface area contributed by atoms with E-state index in [0.29, 0.717) is 23.0 Å². The maximum absolute atomic E-state index is 9.89. The molecular weight excluding hydrogens is 362 g/mol. The Balaban J connectivity index is 1.74. The standard InChI is InChI=1S/C16H15N11O/c1-9-12(13(17)27(24-9)14-15(28)20-8-7-19-14)22-23-16-21-10(2)25-26(16)11-5-3-4-6-18-11/h3-8H,17H2,1-2H3,(H,20,28)/b23-22+. The number of aromatic hydroxyl groups is 1. The average Bonchev–Trinajstić information content (AvgIpc) is 3.20. The van der Waals surface area contributed by atoms with Crippen LogP contribution in [0.4, 0.5) is 17.5 Å². The van der Waals surface area contributed by atoms with Gasteiger partial charge in [-0.3, -0.25) is 0 Å². The number of pyridine rings is 1. The second-order valence-electron chi connectivity index (χ2n) is 5.69. The van der Waals surface area contributed by atoms with Gasteiger partial charge in [-0.1, -0.05) is 6.07 Å². The van der Waals surface area contributed by atoms with Crippen molar-refractivity contribution in [2.45, 2.75) is 13.8 Å². The molecule has 0 saturated carbocycles. The Hall–Kier alpha value is -4.22. The normalized spacial score (nSPS) is 11.4. The molecule has 0 fully saturated rings. The quantitative estimate of drug-likeness (QED) is 0.511. The first-order chi connectivity index (χ1) is 13.5. The molecule has 3 N–H and O–H groups in total. The summed E-state index contributed by atoms with van der Waals surface area (Å²) in [6.07, 6.45) is 4.43. The fourth-order valence-corrected chi connectivity index (χ4v) is 2.49. The number of azo groups is 1. The van der Waals surface area contributed by atoms with Crippen LogP contribution in [0.25, 0.3) is 11.6 Å². The van der Waals surface area contributed by atoms with Crippen LogP contribution in [0.2, 0.25) is 0 Å². The molecular formula is C16H15N11O. The highest BCUT2D eigenvalue weighted by Gasteiger charge is 2.18. The van der Waals surface area contributed by atoms with Gasteiger partial charge in [0.2, 0.25) is 5.82 Å². The molecule has 4 heterocycles. The molecule has 4 aromatic rings. The van der Waals surface area contributed by atoms with Crippen molar-refractivity contribution in [2.24, 2.45) is 10.2 Å². The van der Waals surface area contributed by atoms with Gasteiger partial charge in [-0.2, -0.15) is 19.4 Å². The minimum Gasteiger partial charge on any atom is -0.491 e. The summed E-state index contributed by atoms with van der Waals surface area (Å²) < 4.78 is 2.73. The molecule has 0 saturated heterocycles. The van der Waals surface area contributed by atoms with E-state index in [-0.39, 0.29) is 23.5 Å². The van der Waals surface area contributed by atoms with Crippen molar-refractivity contribution in [2.75, 3.05) is 5.73 Å². The first-order valence-corrected chi connectivity index (χ1v) is 8.17. The smallest absolute Gasteiger partial charge is 0.273 e. The molecule has 0 atom stereocenters. The Morgan fingerprint density at radius 3 is 2.54 bits per heavy atom. The molecule has 0 bridgehead atoms. The van der Waals surface area contributed by atoms with Crippen molar-refractivity contribution in [1.29, 1.82) is 0 Å². The lowest BCUT2D eigenvalue weighted by atomic mass is 10.4. The Labute approximate surface area is 158 Å². The molecule has 4 rings (SSSR count). The Morgan fingerprint density at radius 2 is 1.79 bits per heavy atom. The number of hydrogen-bond acceptors (Lipinski definition) is 10. The summed E-state index contributed by atoms with van der Waals surface area (Å²) in [4.78, 5) is 16.3. The van der Waals surface area contributed by atoms with Gasteiger partial charge in [0.05, 0.1) is 5.69 Å². The van der Waals surface area contributed by atoms with Crippen LogP contribution in [0.15, 0.2) is 47.0 Å². The fourth-order valence-electron chi connectivity index (χ4n) is 2.49. The lowest BCUT2D eigenvalue weighted by Crippen LogP contribution is -2.04. The number of aryl methyl sites for hydroxylation is 2. The van der Waals surface area contributed by atoms with E-state index in [1.165, 1.54) is 21.8 Å². The van der Waals surface area contributed by atoms with Crippen LogP contribution in [0.1, 0.15) is 11.5 Å². The number of nitrogen functional groups attached to an aromatic ring is 1. The zero-order valence-corrected chi connectivity index (χ0v) is 15.0. The topological polar surface area (TPSA) is 158 Å². The molecule has 0 aliphatic heterocycles. The van der Waals surface area contributed by atoms with Crippen LogP contribution in [0.5, 0.6) is 5.88 Å². The number of anilines is 1. The molecule has 0 spiro atoms. The average molecular weight is 377 g/mol. The number of nitrogens with zero attached hydrogens (tertiary/aromatic N) is 10. The summed E-state index contributed by atoms with van der Waals surface area (Å²) in [6, 6.07) is 5.41. The number of nitrogens with two attached hydrogens (primary N) is 1. The number of hydrogen-bond donors (Lipinski definition) is 2. The SMILES string of the molecule is Cc1nc(/N=N/c2c(C)nn(-c3nccnc3O)c2N)n(-c2ccccn2)n1. The molecule has 0 radical (unpaired) electrons. The van der Waals surface area contributed by atoms with E-state index in [1.807, 2.05) is 6.07 Å². The summed E-state index contributed by atoms with van der Waals surface area (Å²) in [5, 5.41) is 26.8. The molecule has 0 unspecified atom stereocenters. The van der Waals surface area contributed by atoms with Crippen molar-refractivity contribution < 1.29 is 5.11 Å². The lowest BCUT2D eigenvalue weighted by Gasteiger charge is -2.03. The molecule has 0 amide bonds. The predicted molar refractivity (Wildman–Crippen MR) is 98.0 cm³/mol. The second-order valence-corrected chi connectivity index (χ2v) is 5.69. The van der Waals surface area contributed by atoms with E-state index in [9.17, 15) is 5.11 Å². The first-order valence-electron chi connectivity index (χ1n) is 8.17. The van der Waals surface area contributed by atoms with E-state index in [4.69, 9.17) is 5.73 Å².